The fraction of sp³-hybridized carbons (Fsp3) is 0.571. The molecule has 0 saturated carbocycles. The Bertz CT molecular complexity index is 134. The third kappa shape index (κ3) is 5.26. The molecule has 0 fully saturated rings. The smallest absolute Gasteiger partial charge is 0.409 e. The summed E-state index contributed by atoms with van der Waals surface area (Å²) < 4.78 is 9.45. The second-order valence-electron chi connectivity index (χ2n) is 2.05. The van der Waals surface area contributed by atoms with Gasteiger partial charge in [0.2, 0.25) is 0 Å². The minimum atomic E-state index is -0.363. The molecule has 0 unspecified atom stereocenters. The Morgan fingerprint density at radius 1 is 1.55 bits per heavy atom. The van der Waals surface area contributed by atoms with E-state index >= 15 is 0 Å². The van der Waals surface area contributed by atoms with E-state index in [4.69, 9.17) is 9.47 Å². The van der Waals surface area contributed by atoms with Gasteiger partial charge in [0.05, 0.1) is 6.26 Å². The normalized spacial score (nSPS) is 8.55. The number of carbonyl (C=O) groups is 1. The zero-order valence-corrected chi connectivity index (χ0v) is 6.87. The molecule has 0 rings (SSSR count). The standard InChI is InChI=1S/C7H13NO3/c1-4-10-5-6-11-7(9)8(2)3/h4H,1,5-6H2,2-3H3. The summed E-state index contributed by atoms with van der Waals surface area (Å²) in [5.74, 6) is 0. The van der Waals surface area contributed by atoms with Gasteiger partial charge in [-0.05, 0) is 0 Å². The molecule has 4 nitrogen and oxygen atoms in total. The molecule has 64 valence electrons. The minimum Gasteiger partial charge on any atom is -0.498 e. The van der Waals surface area contributed by atoms with E-state index in [2.05, 4.69) is 6.58 Å². The van der Waals surface area contributed by atoms with E-state index in [-0.39, 0.29) is 12.7 Å². The molecule has 0 radical (unpaired) electrons. The molecule has 0 aromatic heterocycles. The van der Waals surface area contributed by atoms with Gasteiger partial charge in [0, 0.05) is 14.1 Å². The van der Waals surface area contributed by atoms with Crippen LogP contribution in [0.1, 0.15) is 0 Å². The maximum atomic E-state index is 10.7. The number of carbonyl (C=O) groups excluding carboxylic acids is 1. The summed E-state index contributed by atoms with van der Waals surface area (Å²) in [6.07, 6.45) is 0.946. The predicted molar refractivity (Wildman–Crippen MR) is 41.2 cm³/mol. The summed E-state index contributed by atoms with van der Waals surface area (Å²) in [5.41, 5.74) is 0. The van der Waals surface area contributed by atoms with E-state index in [0.29, 0.717) is 6.61 Å². The van der Waals surface area contributed by atoms with Crippen LogP contribution in [0.25, 0.3) is 0 Å². The van der Waals surface area contributed by atoms with Crippen LogP contribution in [-0.2, 0) is 9.47 Å². The van der Waals surface area contributed by atoms with E-state index < -0.39 is 0 Å². The van der Waals surface area contributed by atoms with Crippen molar-refractivity contribution in [3.63, 3.8) is 0 Å². The van der Waals surface area contributed by atoms with Crippen LogP contribution in [0, 0.1) is 0 Å². The van der Waals surface area contributed by atoms with Crippen molar-refractivity contribution in [2.45, 2.75) is 0 Å². The molecule has 0 N–H and O–H groups in total. The monoisotopic (exact) mass is 159 g/mol. The number of amides is 1. The van der Waals surface area contributed by atoms with E-state index in [1.807, 2.05) is 0 Å². The van der Waals surface area contributed by atoms with Crippen LogP contribution in [0.2, 0.25) is 0 Å². The van der Waals surface area contributed by atoms with Gasteiger partial charge in [0.15, 0.2) is 0 Å². The van der Waals surface area contributed by atoms with Crippen molar-refractivity contribution in [1.82, 2.24) is 4.90 Å². The van der Waals surface area contributed by atoms with Crippen LogP contribution in [0.15, 0.2) is 12.8 Å². The molecule has 0 aromatic carbocycles. The van der Waals surface area contributed by atoms with E-state index in [0.717, 1.165) is 0 Å². The topological polar surface area (TPSA) is 38.8 Å². The minimum absolute atomic E-state index is 0.253. The first-order valence-corrected chi connectivity index (χ1v) is 3.25. The Morgan fingerprint density at radius 2 is 2.18 bits per heavy atom. The van der Waals surface area contributed by atoms with Gasteiger partial charge in [-0.1, -0.05) is 6.58 Å². The molecule has 11 heavy (non-hydrogen) atoms. The number of nitrogens with zero attached hydrogens (tertiary/aromatic N) is 1. The molecular weight excluding hydrogens is 146 g/mol. The number of hydrogen-bond acceptors (Lipinski definition) is 3. The van der Waals surface area contributed by atoms with Crippen LogP contribution >= 0.6 is 0 Å². The second kappa shape index (κ2) is 5.58. The first-order chi connectivity index (χ1) is 5.18. The molecule has 0 atom stereocenters. The molecule has 0 aliphatic rings. The molecular formula is C7H13NO3. The summed E-state index contributed by atoms with van der Waals surface area (Å²) in [4.78, 5) is 12.1. The van der Waals surface area contributed by atoms with Crippen molar-refractivity contribution >= 4 is 6.09 Å². The molecule has 0 aliphatic heterocycles. The molecule has 0 bridgehead atoms. The van der Waals surface area contributed by atoms with E-state index in [9.17, 15) is 4.79 Å². The van der Waals surface area contributed by atoms with Gasteiger partial charge < -0.3 is 14.4 Å². The Kier molecular flexibility index (Phi) is 4.98. The van der Waals surface area contributed by atoms with Gasteiger partial charge in [-0.2, -0.15) is 0 Å². The van der Waals surface area contributed by atoms with Gasteiger partial charge in [-0.3, -0.25) is 0 Å². The van der Waals surface area contributed by atoms with Crippen LogP contribution in [0.5, 0.6) is 0 Å². The highest BCUT2D eigenvalue weighted by molar-refractivity contribution is 5.66. The van der Waals surface area contributed by atoms with Crippen LogP contribution in [0.4, 0.5) is 4.79 Å². The molecule has 0 aliphatic carbocycles. The highest BCUT2D eigenvalue weighted by Gasteiger charge is 2.02. The number of rotatable bonds is 4. The Morgan fingerprint density at radius 3 is 2.64 bits per heavy atom. The lowest BCUT2D eigenvalue weighted by molar-refractivity contribution is 0.0923. The van der Waals surface area contributed by atoms with Gasteiger partial charge in [0.1, 0.15) is 13.2 Å². The van der Waals surface area contributed by atoms with Gasteiger partial charge in [-0.25, -0.2) is 4.79 Å². The Labute approximate surface area is 66.4 Å². The summed E-state index contributed by atoms with van der Waals surface area (Å²) in [5, 5.41) is 0. The summed E-state index contributed by atoms with van der Waals surface area (Å²) >= 11 is 0. The van der Waals surface area contributed by atoms with Crippen molar-refractivity contribution in [3.8, 4) is 0 Å². The van der Waals surface area contributed by atoms with Crippen molar-refractivity contribution in [2.75, 3.05) is 27.3 Å². The highest BCUT2D eigenvalue weighted by atomic mass is 16.6. The van der Waals surface area contributed by atoms with Crippen LogP contribution in [-0.4, -0.2) is 38.3 Å². The Balaban J connectivity index is 3.24. The Hall–Kier alpha value is -1.19. The lowest BCUT2D eigenvalue weighted by Crippen LogP contribution is -2.24. The average molecular weight is 159 g/mol. The molecule has 4 heteroatoms. The second-order valence-corrected chi connectivity index (χ2v) is 2.05. The van der Waals surface area contributed by atoms with Gasteiger partial charge >= 0.3 is 6.09 Å². The van der Waals surface area contributed by atoms with Gasteiger partial charge in [-0.15, -0.1) is 0 Å². The zero-order chi connectivity index (χ0) is 8.69. The summed E-state index contributed by atoms with van der Waals surface area (Å²) in [6, 6.07) is 0. The quantitative estimate of drug-likeness (QED) is 0.451. The lowest BCUT2D eigenvalue weighted by atomic mass is 10.7. The fourth-order valence-corrected chi connectivity index (χ4v) is 0.390. The molecule has 0 spiro atoms. The SMILES string of the molecule is C=COCCOC(=O)N(C)C. The largest absolute Gasteiger partial charge is 0.498 e. The first-order valence-electron chi connectivity index (χ1n) is 3.25. The number of ether oxygens (including phenoxy) is 2. The van der Waals surface area contributed by atoms with E-state index in [1.54, 1.807) is 14.1 Å². The number of hydrogen-bond donors (Lipinski definition) is 0. The fourth-order valence-electron chi connectivity index (χ4n) is 0.390. The average Bonchev–Trinajstić information content (AvgIpc) is 1.97. The summed E-state index contributed by atoms with van der Waals surface area (Å²) in [7, 11) is 3.24. The first kappa shape index (κ1) is 9.81. The molecule has 0 saturated heterocycles. The van der Waals surface area contributed by atoms with Crippen molar-refractivity contribution < 1.29 is 14.3 Å². The maximum absolute atomic E-state index is 10.7. The van der Waals surface area contributed by atoms with Gasteiger partial charge in [0.25, 0.3) is 0 Å². The molecule has 1 amide bonds. The van der Waals surface area contributed by atoms with Crippen LogP contribution in [0.3, 0.4) is 0 Å². The third-order valence-corrected chi connectivity index (χ3v) is 0.910. The maximum Gasteiger partial charge on any atom is 0.409 e. The van der Waals surface area contributed by atoms with Crippen LogP contribution < -0.4 is 0 Å². The summed E-state index contributed by atoms with van der Waals surface area (Å²) in [6.45, 7) is 3.94. The highest BCUT2D eigenvalue weighted by Crippen LogP contribution is 1.85. The van der Waals surface area contributed by atoms with Crippen molar-refractivity contribution in [3.05, 3.63) is 12.8 Å². The van der Waals surface area contributed by atoms with Crippen molar-refractivity contribution in [1.29, 1.82) is 0 Å². The third-order valence-electron chi connectivity index (χ3n) is 0.910. The zero-order valence-electron chi connectivity index (χ0n) is 6.87. The molecule has 0 aromatic rings. The predicted octanol–water partition coefficient (Wildman–Crippen LogP) is 0.845. The van der Waals surface area contributed by atoms with Crippen molar-refractivity contribution in [2.24, 2.45) is 0 Å². The molecule has 0 heterocycles. The van der Waals surface area contributed by atoms with E-state index in [1.165, 1.54) is 11.2 Å². The lowest BCUT2D eigenvalue weighted by Gasteiger charge is -2.10.